The molecule has 2 heterocycles. The number of nitrogens with one attached hydrogen (secondary N) is 1. The van der Waals surface area contributed by atoms with E-state index in [2.05, 4.69) is 38.1 Å². The highest BCUT2D eigenvalue weighted by atomic mass is 15.3. The molecule has 110 valence electrons. The Kier molecular flexibility index (Phi) is 4.57. The normalized spacial score (nSPS) is 12.8. The summed E-state index contributed by atoms with van der Waals surface area (Å²) in [5, 5.41) is 8.09. The molecule has 5 heteroatoms. The zero-order valence-corrected chi connectivity index (χ0v) is 13.2. The number of aryl methyl sites for hydroxylation is 3. The zero-order chi connectivity index (χ0) is 14.7. The summed E-state index contributed by atoms with van der Waals surface area (Å²) in [5.41, 5.74) is 3.00. The quantitative estimate of drug-likeness (QED) is 0.878. The van der Waals surface area contributed by atoms with E-state index in [1.165, 1.54) is 0 Å². The van der Waals surface area contributed by atoms with Crippen molar-refractivity contribution in [2.75, 3.05) is 5.32 Å². The smallest absolute Gasteiger partial charge is 0.156 e. The first-order valence-electron chi connectivity index (χ1n) is 7.61. The average molecular weight is 275 g/mol. The minimum atomic E-state index is 0.392. The van der Waals surface area contributed by atoms with Gasteiger partial charge in [-0.1, -0.05) is 13.8 Å². The maximum absolute atomic E-state index is 4.72. The predicted molar refractivity (Wildman–Crippen MR) is 83.1 cm³/mol. The van der Waals surface area contributed by atoms with Crippen LogP contribution < -0.4 is 5.32 Å². The standard InChI is InChI=1S/C15H25N5/c1-6-9-12-17-13-11(5)19-20(8-3)14(13)15(18-12)16-10(4)7-2/h10H,6-9H2,1-5H3,(H,16,17,18)/t10-/m0/s1. The van der Waals surface area contributed by atoms with Gasteiger partial charge in [-0.3, -0.25) is 4.68 Å². The third-order valence-corrected chi connectivity index (χ3v) is 3.57. The number of hydrogen-bond acceptors (Lipinski definition) is 4. The topological polar surface area (TPSA) is 55.6 Å². The largest absolute Gasteiger partial charge is 0.366 e. The summed E-state index contributed by atoms with van der Waals surface area (Å²) < 4.78 is 1.99. The lowest BCUT2D eigenvalue weighted by Crippen LogP contribution is -2.16. The van der Waals surface area contributed by atoms with Gasteiger partial charge >= 0.3 is 0 Å². The van der Waals surface area contributed by atoms with E-state index < -0.39 is 0 Å². The van der Waals surface area contributed by atoms with Crippen LogP contribution in [0.25, 0.3) is 11.0 Å². The minimum Gasteiger partial charge on any atom is -0.366 e. The molecule has 20 heavy (non-hydrogen) atoms. The van der Waals surface area contributed by atoms with Crippen LogP contribution >= 0.6 is 0 Å². The Morgan fingerprint density at radius 2 is 1.95 bits per heavy atom. The number of fused-ring (bicyclic) bond motifs is 1. The van der Waals surface area contributed by atoms with Crippen LogP contribution in [-0.2, 0) is 13.0 Å². The molecule has 1 atom stereocenters. The van der Waals surface area contributed by atoms with Gasteiger partial charge in [0, 0.05) is 19.0 Å². The van der Waals surface area contributed by atoms with Crippen LogP contribution in [0.3, 0.4) is 0 Å². The van der Waals surface area contributed by atoms with Crippen LogP contribution in [0, 0.1) is 6.92 Å². The van der Waals surface area contributed by atoms with Gasteiger partial charge in [0.15, 0.2) is 5.82 Å². The van der Waals surface area contributed by atoms with Crippen LogP contribution in [0.15, 0.2) is 0 Å². The second-order valence-corrected chi connectivity index (χ2v) is 5.29. The fourth-order valence-electron chi connectivity index (χ4n) is 2.28. The summed E-state index contributed by atoms with van der Waals surface area (Å²) in [7, 11) is 0. The van der Waals surface area contributed by atoms with Crippen molar-refractivity contribution >= 4 is 16.9 Å². The number of hydrogen-bond donors (Lipinski definition) is 1. The van der Waals surface area contributed by atoms with Gasteiger partial charge in [-0.25, -0.2) is 9.97 Å². The Bertz CT molecular complexity index is 587. The van der Waals surface area contributed by atoms with Gasteiger partial charge in [-0.15, -0.1) is 0 Å². The summed E-state index contributed by atoms with van der Waals surface area (Å²) in [4.78, 5) is 9.41. The zero-order valence-electron chi connectivity index (χ0n) is 13.2. The minimum absolute atomic E-state index is 0.392. The number of aromatic nitrogens is 4. The van der Waals surface area contributed by atoms with Crippen LogP contribution in [0.2, 0.25) is 0 Å². The molecule has 0 saturated heterocycles. The average Bonchev–Trinajstić information content (AvgIpc) is 2.76. The van der Waals surface area contributed by atoms with E-state index in [0.717, 1.165) is 54.2 Å². The lowest BCUT2D eigenvalue weighted by Gasteiger charge is -2.14. The fourth-order valence-corrected chi connectivity index (χ4v) is 2.28. The maximum Gasteiger partial charge on any atom is 0.156 e. The first-order valence-corrected chi connectivity index (χ1v) is 7.61. The van der Waals surface area contributed by atoms with Crippen LogP contribution in [0.1, 0.15) is 52.1 Å². The first-order chi connectivity index (χ1) is 9.60. The van der Waals surface area contributed by atoms with Gasteiger partial charge in [-0.2, -0.15) is 5.10 Å². The van der Waals surface area contributed by atoms with E-state index in [-0.39, 0.29) is 0 Å². The Balaban J connectivity index is 2.60. The van der Waals surface area contributed by atoms with Crippen molar-refractivity contribution in [1.82, 2.24) is 19.7 Å². The predicted octanol–water partition coefficient (Wildman–Crippen LogP) is 3.32. The molecule has 2 aromatic heterocycles. The molecule has 2 rings (SSSR count). The van der Waals surface area contributed by atoms with Crippen molar-refractivity contribution in [2.45, 2.75) is 66.5 Å². The van der Waals surface area contributed by atoms with E-state index in [9.17, 15) is 0 Å². The summed E-state index contributed by atoms with van der Waals surface area (Å²) in [6.07, 6.45) is 3.02. The molecule has 5 nitrogen and oxygen atoms in total. The second-order valence-electron chi connectivity index (χ2n) is 5.29. The number of anilines is 1. The monoisotopic (exact) mass is 275 g/mol. The highest BCUT2D eigenvalue weighted by molar-refractivity contribution is 5.87. The summed E-state index contributed by atoms with van der Waals surface area (Å²) >= 11 is 0. The molecule has 0 radical (unpaired) electrons. The second kappa shape index (κ2) is 6.20. The van der Waals surface area contributed by atoms with Crippen LogP contribution in [0.5, 0.6) is 0 Å². The molecule has 0 aliphatic rings. The molecular weight excluding hydrogens is 250 g/mol. The van der Waals surface area contributed by atoms with E-state index in [1.54, 1.807) is 0 Å². The highest BCUT2D eigenvalue weighted by Gasteiger charge is 2.16. The van der Waals surface area contributed by atoms with Crippen molar-refractivity contribution in [1.29, 1.82) is 0 Å². The molecule has 0 unspecified atom stereocenters. The molecule has 0 spiro atoms. The van der Waals surface area contributed by atoms with Gasteiger partial charge in [-0.05, 0) is 33.6 Å². The fraction of sp³-hybridized carbons (Fsp3) is 0.667. The molecule has 0 aliphatic heterocycles. The first kappa shape index (κ1) is 14.8. The molecule has 0 amide bonds. The molecule has 0 saturated carbocycles. The number of nitrogens with zero attached hydrogens (tertiary/aromatic N) is 4. The Morgan fingerprint density at radius 3 is 2.55 bits per heavy atom. The molecule has 0 bridgehead atoms. The van der Waals surface area contributed by atoms with Crippen LogP contribution in [0.4, 0.5) is 5.82 Å². The van der Waals surface area contributed by atoms with Crippen molar-refractivity contribution in [3.8, 4) is 0 Å². The van der Waals surface area contributed by atoms with Gasteiger partial charge in [0.25, 0.3) is 0 Å². The third kappa shape index (κ3) is 2.76. The third-order valence-electron chi connectivity index (χ3n) is 3.57. The Labute approximate surface area is 120 Å². The van der Waals surface area contributed by atoms with Gasteiger partial charge in [0.2, 0.25) is 0 Å². The van der Waals surface area contributed by atoms with Gasteiger partial charge in [0.1, 0.15) is 16.9 Å². The SMILES string of the molecule is CCCc1nc(N[C@@H](C)CC)c2c(n1)c(C)nn2CC. The lowest BCUT2D eigenvalue weighted by atomic mass is 10.2. The molecular formula is C15H25N5. The van der Waals surface area contributed by atoms with E-state index in [4.69, 9.17) is 9.97 Å². The van der Waals surface area contributed by atoms with Crippen LogP contribution in [-0.4, -0.2) is 25.8 Å². The van der Waals surface area contributed by atoms with E-state index in [0.29, 0.717) is 6.04 Å². The van der Waals surface area contributed by atoms with Gasteiger partial charge in [0.05, 0.1) is 5.69 Å². The molecule has 0 aliphatic carbocycles. The summed E-state index contributed by atoms with van der Waals surface area (Å²) in [6, 6.07) is 0.392. The molecule has 0 fully saturated rings. The van der Waals surface area contributed by atoms with E-state index >= 15 is 0 Å². The summed E-state index contributed by atoms with van der Waals surface area (Å²) in [6.45, 7) is 11.4. The maximum atomic E-state index is 4.72. The molecule has 0 aromatic carbocycles. The lowest BCUT2D eigenvalue weighted by molar-refractivity contribution is 0.673. The van der Waals surface area contributed by atoms with Crippen molar-refractivity contribution in [3.63, 3.8) is 0 Å². The van der Waals surface area contributed by atoms with Crippen molar-refractivity contribution < 1.29 is 0 Å². The van der Waals surface area contributed by atoms with Gasteiger partial charge < -0.3 is 5.32 Å². The summed E-state index contributed by atoms with van der Waals surface area (Å²) in [5.74, 6) is 1.83. The Morgan fingerprint density at radius 1 is 1.20 bits per heavy atom. The van der Waals surface area contributed by atoms with Crippen molar-refractivity contribution in [2.24, 2.45) is 0 Å². The molecule has 2 aromatic rings. The van der Waals surface area contributed by atoms with E-state index in [1.807, 2.05) is 11.6 Å². The number of rotatable bonds is 6. The Hall–Kier alpha value is -1.65. The molecule has 1 N–H and O–H groups in total. The highest BCUT2D eigenvalue weighted by Crippen LogP contribution is 2.24. The van der Waals surface area contributed by atoms with Crippen molar-refractivity contribution in [3.05, 3.63) is 11.5 Å².